The van der Waals surface area contributed by atoms with Gasteiger partial charge in [0.1, 0.15) is 5.82 Å². The molecule has 22 heavy (non-hydrogen) atoms. The van der Waals surface area contributed by atoms with Gasteiger partial charge in [-0.2, -0.15) is 0 Å². The number of fused-ring (bicyclic) bond motifs is 1. The van der Waals surface area contributed by atoms with E-state index in [0.29, 0.717) is 22.3 Å². The van der Waals surface area contributed by atoms with E-state index in [1.807, 2.05) is 30.3 Å². The summed E-state index contributed by atoms with van der Waals surface area (Å²) in [6.45, 7) is 1.72. The molecule has 4 nitrogen and oxygen atoms in total. The Morgan fingerprint density at radius 2 is 1.91 bits per heavy atom. The minimum atomic E-state index is -0.232. The molecule has 3 rings (SSSR count). The summed E-state index contributed by atoms with van der Waals surface area (Å²) < 4.78 is 0. The molecule has 0 radical (unpaired) electrons. The minimum Gasteiger partial charge on any atom is -0.310 e. The molecule has 3 aromatic rings. The number of ketones is 1. The van der Waals surface area contributed by atoms with Crippen molar-refractivity contribution in [1.82, 2.24) is 9.97 Å². The zero-order valence-corrected chi connectivity index (χ0v) is 12.0. The fraction of sp³-hybridized carbons (Fsp3) is 0.0556. The Kier molecular flexibility index (Phi) is 3.66. The number of aromatic nitrogens is 2. The van der Waals surface area contributed by atoms with Gasteiger partial charge < -0.3 is 4.98 Å². The summed E-state index contributed by atoms with van der Waals surface area (Å²) >= 11 is 0. The van der Waals surface area contributed by atoms with Gasteiger partial charge in [0.25, 0.3) is 5.56 Å². The number of aromatic amines is 1. The smallest absolute Gasteiger partial charge is 0.258 e. The summed E-state index contributed by atoms with van der Waals surface area (Å²) in [5.74, 6) is 0.409. The highest BCUT2D eigenvalue weighted by Crippen LogP contribution is 2.12. The molecule has 4 heteroatoms. The highest BCUT2D eigenvalue weighted by atomic mass is 16.1. The lowest BCUT2D eigenvalue weighted by Gasteiger charge is -2.01. The maximum atomic E-state index is 12.2. The molecular weight excluding hydrogens is 276 g/mol. The van der Waals surface area contributed by atoms with Crippen LogP contribution in [0.4, 0.5) is 0 Å². The number of carbonyl (C=O) groups is 1. The van der Waals surface area contributed by atoms with Gasteiger partial charge >= 0.3 is 0 Å². The third-order valence-corrected chi connectivity index (χ3v) is 3.34. The third-order valence-electron chi connectivity index (χ3n) is 3.34. The van der Waals surface area contributed by atoms with Crippen molar-refractivity contribution in [2.45, 2.75) is 6.92 Å². The van der Waals surface area contributed by atoms with Crippen LogP contribution in [0.15, 0.2) is 59.4 Å². The number of carbonyl (C=O) groups excluding carboxylic acids is 1. The highest BCUT2D eigenvalue weighted by molar-refractivity contribution is 6.08. The summed E-state index contributed by atoms with van der Waals surface area (Å²) in [5, 5.41) is 0.421. The third kappa shape index (κ3) is 2.86. The molecule has 0 saturated carbocycles. The summed E-state index contributed by atoms with van der Waals surface area (Å²) in [6, 6.07) is 14.5. The molecule has 0 atom stereocenters. The molecule has 1 aromatic heterocycles. The predicted octanol–water partition coefficient (Wildman–Crippen LogP) is 3.13. The zero-order valence-electron chi connectivity index (χ0n) is 12.0. The lowest BCUT2D eigenvalue weighted by atomic mass is 10.1. The van der Waals surface area contributed by atoms with Crippen LogP contribution in [0.2, 0.25) is 0 Å². The quantitative estimate of drug-likeness (QED) is 0.595. The predicted molar refractivity (Wildman–Crippen MR) is 86.9 cm³/mol. The fourth-order valence-electron chi connectivity index (χ4n) is 2.24. The van der Waals surface area contributed by atoms with E-state index >= 15 is 0 Å². The van der Waals surface area contributed by atoms with Crippen molar-refractivity contribution in [2.75, 3.05) is 0 Å². The van der Waals surface area contributed by atoms with Gasteiger partial charge in [0.05, 0.1) is 10.9 Å². The monoisotopic (exact) mass is 290 g/mol. The molecule has 0 aliphatic carbocycles. The van der Waals surface area contributed by atoms with E-state index in [1.165, 1.54) is 6.08 Å². The fourth-order valence-corrected chi connectivity index (χ4v) is 2.24. The molecule has 0 unspecified atom stereocenters. The van der Waals surface area contributed by atoms with Crippen LogP contribution in [0.5, 0.6) is 0 Å². The molecule has 0 saturated heterocycles. The Morgan fingerprint density at radius 3 is 2.68 bits per heavy atom. The number of nitrogens with zero attached hydrogens (tertiary/aromatic N) is 1. The van der Waals surface area contributed by atoms with E-state index in [0.717, 1.165) is 5.56 Å². The summed E-state index contributed by atoms with van der Waals surface area (Å²) in [7, 11) is 0. The second-order valence-electron chi connectivity index (χ2n) is 4.99. The zero-order chi connectivity index (χ0) is 15.5. The summed E-state index contributed by atoms with van der Waals surface area (Å²) in [6.07, 6.45) is 3.26. The van der Waals surface area contributed by atoms with Gasteiger partial charge in [-0.3, -0.25) is 9.59 Å². The molecule has 1 N–H and O–H groups in total. The van der Waals surface area contributed by atoms with Crippen LogP contribution in [0.1, 0.15) is 21.7 Å². The van der Waals surface area contributed by atoms with Gasteiger partial charge in [0, 0.05) is 5.56 Å². The molecule has 0 aliphatic heterocycles. The van der Waals surface area contributed by atoms with E-state index in [4.69, 9.17) is 0 Å². The molecular formula is C18H14N2O2. The van der Waals surface area contributed by atoms with E-state index in [2.05, 4.69) is 9.97 Å². The average Bonchev–Trinajstić information content (AvgIpc) is 2.53. The molecule has 0 bridgehead atoms. The molecule has 0 aliphatic rings. The number of benzene rings is 2. The molecule has 0 amide bonds. The van der Waals surface area contributed by atoms with E-state index in [1.54, 1.807) is 31.2 Å². The molecule has 0 spiro atoms. The van der Waals surface area contributed by atoms with Crippen LogP contribution < -0.4 is 5.56 Å². The van der Waals surface area contributed by atoms with E-state index in [9.17, 15) is 9.59 Å². The van der Waals surface area contributed by atoms with Crippen molar-refractivity contribution in [1.29, 1.82) is 0 Å². The van der Waals surface area contributed by atoms with Gasteiger partial charge in [-0.1, -0.05) is 36.4 Å². The number of rotatable bonds is 3. The highest BCUT2D eigenvalue weighted by Gasteiger charge is 2.07. The Balaban J connectivity index is 1.95. The van der Waals surface area contributed by atoms with Crippen LogP contribution in [0, 0.1) is 6.92 Å². The van der Waals surface area contributed by atoms with Crippen molar-refractivity contribution in [2.24, 2.45) is 0 Å². The SMILES string of the molecule is Cc1nc2ccc(C(=O)/C=C/c3ccccc3)cc2c(=O)[nH]1. The van der Waals surface area contributed by atoms with E-state index < -0.39 is 0 Å². The maximum absolute atomic E-state index is 12.2. The second-order valence-corrected chi connectivity index (χ2v) is 4.99. The van der Waals surface area contributed by atoms with Crippen molar-refractivity contribution in [3.8, 4) is 0 Å². The number of H-pyrrole nitrogens is 1. The van der Waals surface area contributed by atoms with Gasteiger partial charge in [-0.15, -0.1) is 0 Å². The van der Waals surface area contributed by atoms with Crippen LogP contribution in [0.3, 0.4) is 0 Å². The van der Waals surface area contributed by atoms with E-state index in [-0.39, 0.29) is 11.3 Å². The van der Waals surface area contributed by atoms with Crippen LogP contribution in [0.25, 0.3) is 17.0 Å². The average molecular weight is 290 g/mol. The largest absolute Gasteiger partial charge is 0.310 e. The molecule has 1 heterocycles. The van der Waals surface area contributed by atoms with Crippen molar-refractivity contribution < 1.29 is 4.79 Å². The Labute approximate surface area is 127 Å². The van der Waals surface area contributed by atoms with Crippen LogP contribution >= 0.6 is 0 Å². The topological polar surface area (TPSA) is 62.8 Å². The first kappa shape index (κ1) is 13.9. The summed E-state index contributed by atoms with van der Waals surface area (Å²) in [5.41, 5.74) is 1.77. The normalized spacial score (nSPS) is 11.1. The van der Waals surface area contributed by atoms with Crippen molar-refractivity contribution >= 4 is 22.8 Å². The second kappa shape index (κ2) is 5.77. The molecule has 2 aromatic carbocycles. The Hall–Kier alpha value is -3.01. The van der Waals surface area contributed by atoms with Gasteiger partial charge in [-0.05, 0) is 36.8 Å². The lowest BCUT2D eigenvalue weighted by molar-refractivity contribution is 0.104. The van der Waals surface area contributed by atoms with Gasteiger partial charge in [0.2, 0.25) is 0 Å². The number of aryl methyl sites for hydroxylation is 1. The van der Waals surface area contributed by atoms with Crippen LogP contribution in [-0.2, 0) is 0 Å². The standard InChI is InChI=1S/C18H14N2O2/c1-12-19-16-9-8-14(11-15(16)18(22)20-12)17(21)10-7-13-5-3-2-4-6-13/h2-11H,1H3,(H,19,20,22)/b10-7+. The maximum Gasteiger partial charge on any atom is 0.258 e. The number of hydrogen-bond donors (Lipinski definition) is 1. The molecule has 0 fully saturated rings. The van der Waals surface area contributed by atoms with Crippen molar-refractivity contribution in [3.63, 3.8) is 0 Å². The first-order valence-corrected chi connectivity index (χ1v) is 6.91. The lowest BCUT2D eigenvalue weighted by Crippen LogP contribution is -2.10. The minimum absolute atomic E-state index is 0.147. The van der Waals surface area contributed by atoms with Crippen molar-refractivity contribution in [3.05, 3.63) is 81.9 Å². The Morgan fingerprint density at radius 1 is 1.14 bits per heavy atom. The van der Waals surface area contributed by atoms with Gasteiger partial charge in [0.15, 0.2) is 5.78 Å². The number of nitrogens with one attached hydrogen (secondary N) is 1. The number of allylic oxidation sites excluding steroid dienone is 1. The summed E-state index contributed by atoms with van der Waals surface area (Å²) in [4.78, 5) is 31.0. The van der Waals surface area contributed by atoms with Gasteiger partial charge in [-0.25, -0.2) is 4.98 Å². The molecule has 108 valence electrons. The Bertz CT molecular complexity index is 925. The van der Waals surface area contributed by atoms with Crippen LogP contribution in [-0.4, -0.2) is 15.8 Å². The first-order valence-electron chi connectivity index (χ1n) is 6.91. The first-order chi connectivity index (χ1) is 10.6. The number of hydrogen-bond acceptors (Lipinski definition) is 3.